The second-order valence-electron chi connectivity index (χ2n) is 5.66. The molecule has 0 aromatic heterocycles. The molecule has 6 nitrogen and oxygen atoms in total. The molecule has 1 aliphatic heterocycles. The Morgan fingerprint density at radius 2 is 1.88 bits per heavy atom. The van der Waals surface area contributed by atoms with Gasteiger partial charge in [-0.3, -0.25) is 4.79 Å². The summed E-state index contributed by atoms with van der Waals surface area (Å²) in [5.74, 6) is 0.120. The van der Waals surface area contributed by atoms with Crippen LogP contribution in [0.2, 0.25) is 10.0 Å². The number of halogens is 2. The summed E-state index contributed by atoms with van der Waals surface area (Å²) in [6, 6.07) is 11.4. The summed E-state index contributed by atoms with van der Waals surface area (Å²) in [6.07, 6.45) is 0.988. The number of benzene rings is 2. The third kappa shape index (κ3) is 4.35. The lowest BCUT2D eigenvalue weighted by Gasteiger charge is -2.17. The number of sulfonamides is 1. The summed E-state index contributed by atoms with van der Waals surface area (Å²) in [6.45, 7) is 0. The molecule has 0 atom stereocenters. The van der Waals surface area contributed by atoms with Gasteiger partial charge in [0.05, 0.1) is 15.7 Å². The number of nitrogens with zero attached hydrogens (tertiary/aromatic N) is 1. The first kappa shape index (κ1) is 18.7. The number of hydrogen-bond acceptors (Lipinski definition) is 4. The van der Waals surface area contributed by atoms with Crippen LogP contribution in [0.5, 0.6) is 0 Å². The molecule has 136 valence electrons. The zero-order valence-electron chi connectivity index (χ0n) is 13.5. The molecule has 9 heteroatoms. The van der Waals surface area contributed by atoms with E-state index in [-0.39, 0.29) is 17.2 Å². The molecule has 0 fully saturated rings. The smallest absolute Gasteiger partial charge is 0.286 e. The van der Waals surface area contributed by atoms with Crippen LogP contribution in [0, 0.1) is 0 Å². The van der Waals surface area contributed by atoms with E-state index in [9.17, 15) is 13.2 Å². The van der Waals surface area contributed by atoms with Crippen molar-refractivity contribution in [1.82, 2.24) is 0 Å². The molecule has 0 radical (unpaired) electrons. The van der Waals surface area contributed by atoms with Crippen LogP contribution in [0.4, 0.5) is 11.4 Å². The van der Waals surface area contributed by atoms with E-state index in [0.717, 1.165) is 0 Å². The lowest BCUT2D eigenvalue weighted by molar-refractivity contribution is -0.116. The van der Waals surface area contributed by atoms with Gasteiger partial charge >= 0.3 is 0 Å². The third-order valence-electron chi connectivity index (χ3n) is 3.70. The minimum Gasteiger partial charge on any atom is -0.342 e. The predicted octanol–water partition coefficient (Wildman–Crippen LogP) is 4.32. The van der Waals surface area contributed by atoms with Gasteiger partial charge in [-0.05, 0) is 36.8 Å². The fourth-order valence-corrected chi connectivity index (χ4v) is 3.96. The Morgan fingerprint density at radius 1 is 1.12 bits per heavy atom. The van der Waals surface area contributed by atoms with Crippen molar-refractivity contribution < 1.29 is 13.2 Å². The molecule has 0 spiro atoms. The maximum Gasteiger partial charge on any atom is 0.286 e. The van der Waals surface area contributed by atoms with E-state index in [2.05, 4.69) is 15.0 Å². The minimum atomic E-state index is -3.70. The lowest BCUT2D eigenvalue weighted by atomic mass is 10.2. The van der Waals surface area contributed by atoms with Crippen molar-refractivity contribution in [3.63, 3.8) is 0 Å². The fraction of sp³-hybridized carbons (Fsp3) is 0.176. The van der Waals surface area contributed by atoms with Gasteiger partial charge in [0.2, 0.25) is 5.91 Å². The molecule has 1 amide bonds. The van der Waals surface area contributed by atoms with Crippen LogP contribution in [-0.4, -0.2) is 20.2 Å². The highest BCUT2D eigenvalue weighted by molar-refractivity contribution is 7.90. The highest BCUT2D eigenvalue weighted by atomic mass is 35.5. The van der Waals surface area contributed by atoms with E-state index >= 15 is 0 Å². The number of para-hydroxylation sites is 1. The number of amidine groups is 1. The van der Waals surface area contributed by atoms with Gasteiger partial charge in [-0.25, -0.2) is 0 Å². The molecule has 0 bridgehead atoms. The molecular weight excluding hydrogens is 397 g/mol. The van der Waals surface area contributed by atoms with Gasteiger partial charge in [-0.15, -0.1) is 4.40 Å². The molecule has 2 aromatic rings. The third-order valence-corrected chi connectivity index (χ3v) is 5.81. The van der Waals surface area contributed by atoms with Crippen molar-refractivity contribution in [3.05, 3.63) is 52.5 Å². The Balaban J connectivity index is 1.56. The van der Waals surface area contributed by atoms with E-state index in [0.29, 0.717) is 40.1 Å². The topological polar surface area (TPSA) is 87.6 Å². The molecule has 2 N–H and O–H groups in total. The zero-order valence-corrected chi connectivity index (χ0v) is 15.8. The highest BCUT2D eigenvalue weighted by Crippen LogP contribution is 2.28. The molecule has 0 unspecified atom stereocenters. The number of carbonyl (C=O) groups excluding carboxylic acids is 1. The van der Waals surface area contributed by atoms with E-state index in [1.165, 1.54) is 6.07 Å². The Kier molecular flexibility index (Phi) is 5.50. The number of rotatable bonds is 5. The SMILES string of the molecule is O=C(CCCC1=NS(=O)(=O)c2ccccc2N1)Nc1ccc(Cl)c(Cl)c1. The number of nitrogens with one attached hydrogen (secondary N) is 2. The molecule has 1 heterocycles. The van der Waals surface area contributed by atoms with Crippen molar-refractivity contribution in [1.29, 1.82) is 0 Å². The van der Waals surface area contributed by atoms with Crippen molar-refractivity contribution in [2.45, 2.75) is 24.2 Å². The monoisotopic (exact) mass is 411 g/mol. The van der Waals surface area contributed by atoms with Gasteiger partial charge in [0.15, 0.2) is 0 Å². The fourth-order valence-electron chi connectivity index (χ4n) is 2.49. The zero-order chi connectivity index (χ0) is 18.7. The van der Waals surface area contributed by atoms with Crippen LogP contribution >= 0.6 is 23.2 Å². The summed E-state index contributed by atoms with van der Waals surface area (Å²) < 4.78 is 28.1. The van der Waals surface area contributed by atoms with Crippen molar-refractivity contribution >= 4 is 56.3 Å². The normalized spacial score (nSPS) is 14.8. The van der Waals surface area contributed by atoms with Gasteiger partial charge in [-0.1, -0.05) is 35.3 Å². The first-order valence-corrected chi connectivity index (χ1v) is 9.99. The molecule has 26 heavy (non-hydrogen) atoms. The number of hydrogen-bond donors (Lipinski definition) is 2. The second-order valence-corrected chi connectivity index (χ2v) is 8.05. The van der Waals surface area contributed by atoms with Crippen LogP contribution in [0.15, 0.2) is 51.8 Å². The van der Waals surface area contributed by atoms with Crippen molar-refractivity contribution in [2.24, 2.45) is 4.40 Å². The maximum atomic E-state index is 12.2. The Hall–Kier alpha value is -2.09. The average molecular weight is 412 g/mol. The Labute approximate surface area is 161 Å². The molecule has 1 aliphatic rings. The summed E-state index contributed by atoms with van der Waals surface area (Å²) >= 11 is 11.7. The molecule has 0 saturated heterocycles. The standard InChI is InChI=1S/C17H15Cl2N3O3S/c18-12-9-8-11(10-13(12)19)20-17(23)7-3-6-16-21-14-4-1-2-5-15(14)26(24,25)22-16/h1-2,4-5,8-10H,3,6-7H2,(H,20,23)(H,21,22). The van der Waals surface area contributed by atoms with Crippen LogP contribution in [0.1, 0.15) is 19.3 Å². The summed E-state index contributed by atoms with van der Waals surface area (Å²) in [5.41, 5.74) is 1.05. The first-order chi connectivity index (χ1) is 12.3. The molecule has 0 saturated carbocycles. The number of carbonyl (C=O) groups is 1. The van der Waals surface area contributed by atoms with E-state index in [1.807, 2.05) is 0 Å². The quantitative estimate of drug-likeness (QED) is 0.766. The van der Waals surface area contributed by atoms with Gasteiger partial charge < -0.3 is 10.6 Å². The maximum absolute atomic E-state index is 12.2. The van der Waals surface area contributed by atoms with Gasteiger partial charge in [0.1, 0.15) is 10.7 Å². The Morgan fingerprint density at radius 3 is 2.65 bits per heavy atom. The minimum absolute atomic E-state index is 0.154. The summed E-state index contributed by atoms with van der Waals surface area (Å²) in [5, 5.41) is 6.48. The first-order valence-electron chi connectivity index (χ1n) is 7.80. The molecule has 3 rings (SSSR count). The largest absolute Gasteiger partial charge is 0.342 e. The van der Waals surface area contributed by atoms with Crippen LogP contribution in [0.25, 0.3) is 0 Å². The molecule has 0 aliphatic carbocycles. The molecule has 2 aromatic carbocycles. The predicted molar refractivity (Wildman–Crippen MR) is 104 cm³/mol. The molecular formula is C17H15Cl2N3O3S. The Bertz CT molecular complexity index is 990. The number of amides is 1. The van der Waals surface area contributed by atoms with E-state index < -0.39 is 10.0 Å². The van der Waals surface area contributed by atoms with Crippen LogP contribution < -0.4 is 10.6 Å². The van der Waals surface area contributed by atoms with Crippen molar-refractivity contribution in [2.75, 3.05) is 10.6 Å². The number of anilines is 2. The van der Waals surface area contributed by atoms with Gasteiger partial charge in [-0.2, -0.15) is 8.42 Å². The van der Waals surface area contributed by atoms with Crippen molar-refractivity contribution in [3.8, 4) is 0 Å². The number of fused-ring (bicyclic) bond motifs is 1. The van der Waals surface area contributed by atoms with Crippen LogP contribution in [-0.2, 0) is 14.8 Å². The summed E-state index contributed by atoms with van der Waals surface area (Å²) in [4.78, 5) is 12.2. The highest BCUT2D eigenvalue weighted by Gasteiger charge is 2.23. The average Bonchev–Trinajstić information content (AvgIpc) is 2.58. The van der Waals surface area contributed by atoms with Gasteiger partial charge in [0, 0.05) is 18.5 Å². The lowest BCUT2D eigenvalue weighted by Crippen LogP contribution is -2.22. The van der Waals surface area contributed by atoms with E-state index in [1.54, 1.807) is 36.4 Å². The van der Waals surface area contributed by atoms with Crippen LogP contribution in [0.3, 0.4) is 0 Å². The second kappa shape index (κ2) is 7.65. The van der Waals surface area contributed by atoms with Gasteiger partial charge in [0.25, 0.3) is 10.0 Å². The summed E-state index contributed by atoms with van der Waals surface area (Å²) in [7, 11) is -3.70. The van der Waals surface area contributed by atoms with E-state index in [4.69, 9.17) is 23.2 Å².